The van der Waals surface area contributed by atoms with E-state index in [0.29, 0.717) is 73.0 Å². The summed E-state index contributed by atoms with van der Waals surface area (Å²) in [4.78, 5) is 27.5. The van der Waals surface area contributed by atoms with E-state index >= 15 is 4.39 Å². The third kappa shape index (κ3) is 6.24. The highest BCUT2D eigenvalue weighted by Crippen LogP contribution is 2.44. The van der Waals surface area contributed by atoms with E-state index in [1.807, 2.05) is 13.8 Å². The first-order chi connectivity index (χ1) is 20.9. The fourth-order valence-electron chi connectivity index (χ4n) is 7.26. The Morgan fingerprint density at radius 2 is 1.75 bits per heavy atom. The van der Waals surface area contributed by atoms with Crippen LogP contribution >= 0.6 is 0 Å². The molecule has 0 radical (unpaired) electrons. The van der Waals surface area contributed by atoms with E-state index < -0.39 is 27.0 Å². The number of anilines is 1. The van der Waals surface area contributed by atoms with Gasteiger partial charge in [0.05, 0.1) is 59.7 Å². The zero-order valence-electron chi connectivity index (χ0n) is 25.4. The Balaban J connectivity index is 1.20. The van der Waals surface area contributed by atoms with Crippen molar-refractivity contribution in [1.82, 2.24) is 14.8 Å². The van der Waals surface area contributed by atoms with Gasteiger partial charge >= 0.3 is 0 Å². The van der Waals surface area contributed by atoms with Crippen LogP contribution in [-0.4, -0.2) is 80.4 Å². The molecule has 2 fully saturated rings. The summed E-state index contributed by atoms with van der Waals surface area (Å²) in [5, 5.41) is 6.51. The van der Waals surface area contributed by atoms with E-state index in [9.17, 15) is 18.0 Å². The molecule has 4 N–H and O–H groups in total. The number of aromatic nitrogens is 1. The fourth-order valence-corrected chi connectivity index (χ4v) is 9.61. The number of morpholine rings is 1. The molecular formula is C31H42FN5O6S. The standard InChI is InChI=1S/C31H42FN5O6S/c1-31(2)15-25-29(44(40,41)18-31)22-16-43-17-26(22)37(25)21-13-23(32)28(30(33)39)24(14-21)34-19-3-5-20(6-4-19)35-27(38)7-8-36-9-11-42-12-10-36/h13-14,19-20,34H,3-12,15-18H2,1-2H3,(H2,33,39)(H,35,38). The summed E-state index contributed by atoms with van der Waals surface area (Å²) >= 11 is 0. The molecule has 0 unspecified atom stereocenters. The Morgan fingerprint density at radius 3 is 2.45 bits per heavy atom. The summed E-state index contributed by atoms with van der Waals surface area (Å²) in [7, 11) is -3.57. The maximum absolute atomic E-state index is 15.6. The molecule has 13 heteroatoms. The van der Waals surface area contributed by atoms with Gasteiger partial charge in [-0.3, -0.25) is 14.5 Å². The lowest BCUT2D eigenvalue weighted by molar-refractivity contribution is -0.122. The summed E-state index contributed by atoms with van der Waals surface area (Å²) in [6.07, 6.45) is 3.87. The number of hydrogen-bond donors (Lipinski definition) is 3. The second-order valence-corrected chi connectivity index (χ2v) is 15.2. The number of ether oxygens (including phenoxy) is 2. The minimum absolute atomic E-state index is 0.0300. The van der Waals surface area contributed by atoms with Crippen LogP contribution in [0.25, 0.3) is 5.69 Å². The molecule has 1 aliphatic carbocycles. The van der Waals surface area contributed by atoms with E-state index in [1.54, 1.807) is 10.6 Å². The van der Waals surface area contributed by atoms with Crippen molar-refractivity contribution < 1.29 is 31.9 Å². The second kappa shape index (κ2) is 12.1. The van der Waals surface area contributed by atoms with Crippen molar-refractivity contribution in [2.45, 2.75) is 82.6 Å². The van der Waals surface area contributed by atoms with Crippen LogP contribution in [0.1, 0.15) is 73.3 Å². The van der Waals surface area contributed by atoms with Crippen molar-refractivity contribution in [3.05, 3.63) is 40.5 Å². The number of sulfone groups is 1. The quantitative estimate of drug-likeness (QED) is 0.404. The molecule has 2 aromatic rings. The molecule has 6 rings (SSSR count). The lowest BCUT2D eigenvalue weighted by Crippen LogP contribution is -2.42. The molecule has 11 nitrogen and oxygen atoms in total. The maximum atomic E-state index is 15.6. The van der Waals surface area contributed by atoms with E-state index in [4.69, 9.17) is 15.2 Å². The van der Waals surface area contributed by atoms with Crippen molar-refractivity contribution >= 4 is 27.3 Å². The van der Waals surface area contributed by atoms with E-state index in [0.717, 1.165) is 25.9 Å². The highest BCUT2D eigenvalue weighted by molar-refractivity contribution is 7.91. The Morgan fingerprint density at radius 1 is 1.05 bits per heavy atom. The number of nitrogens with zero attached hydrogens (tertiary/aromatic N) is 2. The molecule has 0 bridgehead atoms. The van der Waals surface area contributed by atoms with Crippen LogP contribution in [-0.2, 0) is 43.7 Å². The minimum atomic E-state index is -3.57. The molecule has 1 aromatic carbocycles. The van der Waals surface area contributed by atoms with Gasteiger partial charge in [0, 0.05) is 49.4 Å². The third-order valence-electron chi connectivity index (χ3n) is 9.24. The lowest BCUT2D eigenvalue weighted by atomic mass is 9.89. The van der Waals surface area contributed by atoms with Crippen LogP contribution in [0.4, 0.5) is 10.1 Å². The minimum Gasteiger partial charge on any atom is -0.382 e. The molecule has 2 amide bonds. The van der Waals surface area contributed by atoms with Crippen LogP contribution in [0.3, 0.4) is 0 Å². The van der Waals surface area contributed by atoms with E-state index in [2.05, 4.69) is 15.5 Å². The summed E-state index contributed by atoms with van der Waals surface area (Å²) in [6.45, 7) is 8.04. The number of carbonyl (C=O) groups is 2. The summed E-state index contributed by atoms with van der Waals surface area (Å²) in [5.41, 5.74) is 7.56. The largest absolute Gasteiger partial charge is 0.382 e. The number of nitrogens with two attached hydrogens (primary N) is 1. The van der Waals surface area contributed by atoms with Gasteiger partial charge in [0.15, 0.2) is 9.84 Å². The summed E-state index contributed by atoms with van der Waals surface area (Å²) in [5.74, 6) is -1.59. The van der Waals surface area contributed by atoms with Gasteiger partial charge in [0.1, 0.15) is 5.82 Å². The topological polar surface area (TPSA) is 145 Å². The fraction of sp³-hybridized carbons (Fsp3) is 0.613. The zero-order chi connectivity index (χ0) is 31.2. The molecule has 44 heavy (non-hydrogen) atoms. The van der Waals surface area contributed by atoms with E-state index in [-0.39, 0.29) is 48.2 Å². The van der Waals surface area contributed by atoms with Gasteiger partial charge < -0.3 is 30.4 Å². The molecule has 240 valence electrons. The first-order valence-electron chi connectivity index (χ1n) is 15.5. The average molecular weight is 632 g/mol. The smallest absolute Gasteiger partial charge is 0.253 e. The first-order valence-corrected chi connectivity index (χ1v) is 17.1. The van der Waals surface area contributed by atoms with Crippen LogP contribution in [0.2, 0.25) is 0 Å². The molecule has 0 spiro atoms. The predicted molar refractivity (Wildman–Crippen MR) is 162 cm³/mol. The van der Waals surface area contributed by atoms with Crippen LogP contribution < -0.4 is 16.4 Å². The Hall–Kier alpha value is -3.00. The number of benzene rings is 1. The number of rotatable bonds is 8. The number of nitrogens with one attached hydrogen (secondary N) is 2. The Labute approximate surface area is 257 Å². The molecule has 1 saturated carbocycles. The maximum Gasteiger partial charge on any atom is 0.253 e. The van der Waals surface area contributed by atoms with Gasteiger partial charge in [-0.15, -0.1) is 0 Å². The predicted octanol–water partition coefficient (Wildman–Crippen LogP) is 2.66. The van der Waals surface area contributed by atoms with Gasteiger partial charge in [0.25, 0.3) is 5.91 Å². The van der Waals surface area contributed by atoms with Crippen LogP contribution in [0.15, 0.2) is 17.0 Å². The normalized spacial score (nSPS) is 24.3. The zero-order valence-corrected chi connectivity index (χ0v) is 26.2. The number of primary amides is 1. The molecular weight excluding hydrogens is 589 g/mol. The van der Waals surface area contributed by atoms with Crippen molar-refractivity contribution in [3.8, 4) is 5.69 Å². The van der Waals surface area contributed by atoms with Crippen LogP contribution in [0, 0.1) is 11.2 Å². The highest BCUT2D eigenvalue weighted by atomic mass is 32.2. The van der Waals surface area contributed by atoms with Gasteiger partial charge in [-0.05, 0) is 49.7 Å². The number of fused-ring (bicyclic) bond motifs is 3. The molecule has 0 atom stereocenters. The summed E-state index contributed by atoms with van der Waals surface area (Å²) < 4.78 is 55.2. The SMILES string of the molecule is CC1(C)Cc2c(c3c(n2-c2cc(F)c(C(N)=O)c(NC4CCC(NC(=O)CCN5CCOCC5)CC4)c2)COC3)S(=O)(=O)C1. The molecule has 4 aliphatic rings. The molecule has 3 aliphatic heterocycles. The Bertz CT molecular complexity index is 1560. The van der Waals surface area contributed by atoms with Gasteiger partial charge in [0.2, 0.25) is 5.91 Å². The van der Waals surface area contributed by atoms with Crippen molar-refractivity contribution in [2.24, 2.45) is 11.1 Å². The monoisotopic (exact) mass is 631 g/mol. The average Bonchev–Trinajstić information content (AvgIpc) is 3.52. The van der Waals surface area contributed by atoms with Crippen molar-refractivity contribution in [2.75, 3.05) is 43.9 Å². The highest BCUT2D eigenvalue weighted by Gasteiger charge is 2.43. The van der Waals surface area contributed by atoms with Gasteiger partial charge in [-0.1, -0.05) is 13.8 Å². The Kier molecular flexibility index (Phi) is 8.50. The summed E-state index contributed by atoms with van der Waals surface area (Å²) in [6, 6.07) is 2.94. The van der Waals surface area contributed by atoms with Crippen LogP contribution in [0.5, 0.6) is 0 Å². The second-order valence-electron chi connectivity index (χ2n) is 13.3. The van der Waals surface area contributed by atoms with Crippen molar-refractivity contribution in [1.29, 1.82) is 0 Å². The molecule has 1 saturated heterocycles. The third-order valence-corrected chi connectivity index (χ3v) is 11.5. The van der Waals surface area contributed by atoms with E-state index in [1.165, 1.54) is 6.07 Å². The number of amides is 2. The van der Waals surface area contributed by atoms with Crippen molar-refractivity contribution in [3.63, 3.8) is 0 Å². The first kappa shape index (κ1) is 31.0. The van der Waals surface area contributed by atoms with Gasteiger partial charge in [-0.25, -0.2) is 12.8 Å². The van der Waals surface area contributed by atoms with Gasteiger partial charge in [-0.2, -0.15) is 0 Å². The molecule has 1 aromatic heterocycles. The number of carbonyl (C=O) groups excluding carboxylic acids is 2. The molecule has 4 heterocycles. The lowest BCUT2D eigenvalue weighted by Gasteiger charge is -2.32. The number of halogens is 1. The number of hydrogen-bond acceptors (Lipinski definition) is 8.